The number of alkyl halides is 3. The van der Waals surface area contributed by atoms with Crippen LogP contribution in [0.5, 0.6) is 11.5 Å². The van der Waals surface area contributed by atoms with Crippen LogP contribution in [0.15, 0.2) is 66.7 Å². The minimum absolute atomic E-state index is 0.0582. The van der Waals surface area contributed by atoms with Gasteiger partial charge in [-0.15, -0.1) is 0 Å². The van der Waals surface area contributed by atoms with Crippen molar-refractivity contribution in [2.75, 3.05) is 36.5 Å². The zero-order chi connectivity index (χ0) is 26.7. The van der Waals surface area contributed by atoms with Crippen molar-refractivity contribution in [3.8, 4) is 11.5 Å². The summed E-state index contributed by atoms with van der Waals surface area (Å²) in [6.45, 7) is 1.90. The molecule has 0 radical (unpaired) electrons. The van der Waals surface area contributed by atoms with Gasteiger partial charge < -0.3 is 24.8 Å². The molecule has 2 N–H and O–H groups in total. The third-order valence-electron chi connectivity index (χ3n) is 6.41. The van der Waals surface area contributed by atoms with Gasteiger partial charge in [-0.05, 0) is 48.7 Å². The van der Waals surface area contributed by atoms with Gasteiger partial charge >= 0.3 is 6.18 Å². The van der Waals surface area contributed by atoms with Crippen LogP contribution in [-0.4, -0.2) is 42.6 Å². The second-order valence-corrected chi connectivity index (χ2v) is 9.12. The highest BCUT2D eigenvalue weighted by Crippen LogP contribution is 2.45. The van der Waals surface area contributed by atoms with Crippen LogP contribution in [0.4, 0.5) is 30.4 Å². The van der Waals surface area contributed by atoms with Crippen molar-refractivity contribution < 1.29 is 27.8 Å². The van der Waals surface area contributed by atoms with E-state index in [1.54, 1.807) is 6.07 Å². The fourth-order valence-corrected chi connectivity index (χ4v) is 4.76. The first-order valence-corrected chi connectivity index (χ1v) is 12.4. The number of pyridine rings is 1. The Morgan fingerprint density at radius 3 is 2.58 bits per heavy atom. The van der Waals surface area contributed by atoms with Gasteiger partial charge in [0, 0.05) is 29.7 Å². The zero-order valence-corrected chi connectivity index (χ0v) is 20.9. The molecule has 0 atom stereocenters. The third kappa shape index (κ3) is 5.47. The number of fused-ring (bicyclic) bond motifs is 3. The Bertz CT molecular complexity index is 1430. The summed E-state index contributed by atoms with van der Waals surface area (Å²) in [6.07, 6.45) is -3.78. The lowest BCUT2D eigenvalue weighted by Gasteiger charge is -2.25. The van der Waals surface area contributed by atoms with E-state index in [1.807, 2.05) is 61.5 Å². The van der Waals surface area contributed by atoms with Crippen molar-refractivity contribution in [3.05, 3.63) is 83.4 Å². The highest BCUT2D eigenvalue weighted by molar-refractivity contribution is 6.02. The van der Waals surface area contributed by atoms with Gasteiger partial charge in [0.15, 0.2) is 6.61 Å². The minimum Gasteiger partial charge on any atom is -0.489 e. The maximum atomic E-state index is 12.9. The number of rotatable bonds is 9. The van der Waals surface area contributed by atoms with Gasteiger partial charge in [0.1, 0.15) is 29.4 Å². The molecule has 9 heteroatoms. The largest absolute Gasteiger partial charge is 0.489 e. The molecule has 0 spiro atoms. The number of hydrogen-bond acceptors (Lipinski definition) is 6. The Hall–Kier alpha value is -3.98. The SMILES string of the molecule is Cc1cc(OCc2ccccc2)ccc1N1CCc2c(NCCO)nc3c(OCC(F)(F)F)cccc3c21. The number of nitrogens with zero attached hydrogens (tertiary/aromatic N) is 2. The lowest BCUT2D eigenvalue weighted by Crippen LogP contribution is -2.19. The summed E-state index contributed by atoms with van der Waals surface area (Å²) in [5.41, 5.74) is 5.20. The van der Waals surface area contributed by atoms with E-state index in [1.165, 1.54) is 6.07 Å². The summed E-state index contributed by atoms with van der Waals surface area (Å²) < 4.78 is 49.9. The number of nitrogens with one attached hydrogen (secondary N) is 1. The van der Waals surface area contributed by atoms with E-state index in [2.05, 4.69) is 15.2 Å². The number of aromatic nitrogens is 1. The van der Waals surface area contributed by atoms with Crippen molar-refractivity contribution in [2.45, 2.75) is 26.1 Å². The maximum absolute atomic E-state index is 12.9. The number of anilines is 3. The van der Waals surface area contributed by atoms with Crippen molar-refractivity contribution >= 4 is 28.1 Å². The number of aliphatic hydroxyl groups excluding tert-OH is 1. The summed E-state index contributed by atoms with van der Waals surface area (Å²) in [6, 6.07) is 20.9. The second-order valence-electron chi connectivity index (χ2n) is 9.12. The van der Waals surface area contributed by atoms with Gasteiger partial charge in [-0.3, -0.25) is 0 Å². The standard InChI is InChI=1S/C29H28F3N3O3/c1-19-16-21(37-17-20-6-3-2-4-7-20)10-11-24(19)35-14-12-23-27(35)22-8-5-9-25(38-18-29(30,31)32)26(22)34-28(23)33-13-15-36/h2-11,16,36H,12-15,17-18H2,1H3,(H,33,34). The Balaban J connectivity index is 1.51. The molecule has 0 amide bonds. The second kappa shape index (κ2) is 10.8. The molecule has 0 unspecified atom stereocenters. The Morgan fingerprint density at radius 2 is 1.84 bits per heavy atom. The smallest absolute Gasteiger partial charge is 0.422 e. The molecular formula is C29H28F3N3O3. The molecule has 1 aliphatic heterocycles. The molecule has 38 heavy (non-hydrogen) atoms. The van der Waals surface area contributed by atoms with Gasteiger partial charge in [0.25, 0.3) is 0 Å². The number of halogens is 3. The van der Waals surface area contributed by atoms with Crippen LogP contribution >= 0.6 is 0 Å². The van der Waals surface area contributed by atoms with Gasteiger partial charge in [-0.25, -0.2) is 4.98 Å². The lowest BCUT2D eigenvalue weighted by molar-refractivity contribution is -0.153. The van der Waals surface area contributed by atoms with E-state index in [0.29, 0.717) is 36.3 Å². The quantitative estimate of drug-likeness (QED) is 0.274. The topological polar surface area (TPSA) is 66.9 Å². The number of aryl methyl sites for hydroxylation is 1. The zero-order valence-electron chi connectivity index (χ0n) is 20.9. The molecule has 1 aliphatic rings. The average Bonchev–Trinajstić information content (AvgIpc) is 3.35. The molecule has 0 saturated heterocycles. The molecule has 5 rings (SSSR count). The molecule has 0 fully saturated rings. The van der Waals surface area contributed by atoms with E-state index in [-0.39, 0.29) is 18.9 Å². The van der Waals surface area contributed by atoms with Crippen molar-refractivity contribution in [1.29, 1.82) is 0 Å². The predicted molar refractivity (Wildman–Crippen MR) is 142 cm³/mol. The molecule has 198 valence electrons. The van der Waals surface area contributed by atoms with Gasteiger partial charge in [0.05, 0.1) is 12.3 Å². The molecule has 1 aromatic heterocycles. The van der Waals surface area contributed by atoms with E-state index >= 15 is 0 Å². The van der Waals surface area contributed by atoms with Crippen LogP contribution in [0.2, 0.25) is 0 Å². The summed E-state index contributed by atoms with van der Waals surface area (Å²) in [5.74, 6) is 1.35. The molecule has 2 heterocycles. The average molecular weight is 524 g/mol. The highest BCUT2D eigenvalue weighted by atomic mass is 19.4. The van der Waals surface area contributed by atoms with Gasteiger partial charge in [0.2, 0.25) is 0 Å². The molecule has 0 bridgehead atoms. The Kier molecular flexibility index (Phi) is 7.28. The fourth-order valence-electron chi connectivity index (χ4n) is 4.76. The fraction of sp³-hybridized carbons (Fsp3) is 0.276. The van der Waals surface area contributed by atoms with Crippen LogP contribution in [0.1, 0.15) is 16.7 Å². The van der Waals surface area contributed by atoms with Gasteiger partial charge in [-0.1, -0.05) is 42.5 Å². The summed E-state index contributed by atoms with van der Waals surface area (Å²) in [7, 11) is 0. The summed E-state index contributed by atoms with van der Waals surface area (Å²) in [4.78, 5) is 6.80. The molecule has 3 aromatic carbocycles. The number of hydrogen-bond donors (Lipinski definition) is 2. The normalized spacial score (nSPS) is 13.0. The van der Waals surface area contributed by atoms with Crippen LogP contribution in [0.3, 0.4) is 0 Å². The first-order valence-electron chi connectivity index (χ1n) is 12.4. The van der Waals surface area contributed by atoms with E-state index in [0.717, 1.165) is 33.8 Å². The number of ether oxygens (including phenoxy) is 2. The first-order chi connectivity index (χ1) is 18.3. The predicted octanol–water partition coefficient (Wildman–Crippen LogP) is 6.16. The van der Waals surface area contributed by atoms with Crippen molar-refractivity contribution in [1.82, 2.24) is 4.98 Å². The summed E-state index contributed by atoms with van der Waals surface area (Å²) in [5, 5.41) is 13.2. The van der Waals surface area contributed by atoms with Gasteiger partial charge in [-0.2, -0.15) is 13.2 Å². The monoisotopic (exact) mass is 523 g/mol. The Labute approximate surface area is 218 Å². The van der Waals surface area contributed by atoms with Crippen LogP contribution in [-0.2, 0) is 13.0 Å². The lowest BCUT2D eigenvalue weighted by atomic mass is 10.1. The van der Waals surface area contributed by atoms with Crippen molar-refractivity contribution in [2.24, 2.45) is 0 Å². The number of aliphatic hydroxyl groups is 1. The molecular weight excluding hydrogens is 495 g/mol. The number of benzene rings is 3. The van der Waals surface area contributed by atoms with Crippen LogP contribution in [0, 0.1) is 6.92 Å². The van der Waals surface area contributed by atoms with Crippen LogP contribution in [0.25, 0.3) is 10.9 Å². The summed E-state index contributed by atoms with van der Waals surface area (Å²) >= 11 is 0. The van der Waals surface area contributed by atoms with E-state index < -0.39 is 12.8 Å². The Morgan fingerprint density at radius 1 is 1.03 bits per heavy atom. The first kappa shape index (κ1) is 25.7. The molecule has 0 aliphatic carbocycles. The maximum Gasteiger partial charge on any atom is 0.422 e. The van der Waals surface area contributed by atoms with E-state index in [4.69, 9.17) is 9.47 Å². The van der Waals surface area contributed by atoms with Crippen LogP contribution < -0.4 is 19.7 Å². The number of para-hydroxylation sites is 1. The molecule has 6 nitrogen and oxygen atoms in total. The minimum atomic E-state index is -4.47. The van der Waals surface area contributed by atoms with E-state index in [9.17, 15) is 18.3 Å². The highest BCUT2D eigenvalue weighted by Gasteiger charge is 2.31. The molecule has 0 saturated carbocycles. The third-order valence-corrected chi connectivity index (χ3v) is 6.41. The van der Waals surface area contributed by atoms with Crippen molar-refractivity contribution in [3.63, 3.8) is 0 Å². The molecule has 4 aromatic rings.